The molecular weight excluding hydrogens is 268 g/mol. The van der Waals surface area contributed by atoms with Crippen LogP contribution >= 0.6 is 0 Å². The number of hydrogen-bond donors (Lipinski definition) is 0. The van der Waals surface area contributed by atoms with Crippen molar-refractivity contribution in [2.24, 2.45) is 0 Å². The molecule has 5 nitrogen and oxygen atoms in total. The molecule has 0 amide bonds. The van der Waals surface area contributed by atoms with Crippen LogP contribution in [-0.2, 0) is 25.1 Å². The lowest BCUT2D eigenvalue weighted by Gasteiger charge is -2.12. The normalized spacial score (nSPS) is 21.6. The minimum atomic E-state index is -3.11. The van der Waals surface area contributed by atoms with Crippen LogP contribution in [0, 0.1) is 0 Å². The molecule has 0 aliphatic carbocycles. The van der Waals surface area contributed by atoms with Crippen LogP contribution in [0.5, 0.6) is 5.75 Å². The van der Waals surface area contributed by atoms with Gasteiger partial charge in [-0.05, 0) is 18.6 Å². The van der Waals surface area contributed by atoms with Crippen LogP contribution in [0.4, 0.5) is 0 Å². The number of methoxy groups -OCH3 is 1. The van der Waals surface area contributed by atoms with Gasteiger partial charge in [-0.15, -0.1) is 0 Å². The molecule has 0 N–H and O–H groups in total. The first-order chi connectivity index (χ1) is 8.81. The lowest BCUT2D eigenvalue weighted by molar-refractivity contribution is -0.143. The van der Waals surface area contributed by atoms with Crippen LogP contribution in [-0.4, -0.2) is 33.9 Å². The van der Waals surface area contributed by atoms with E-state index in [1.54, 1.807) is 25.1 Å². The Morgan fingerprint density at radius 1 is 1.42 bits per heavy atom. The van der Waals surface area contributed by atoms with E-state index >= 15 is 0 Å². The standard InChI is InChI=1S/C13H16O5S/c1-8-12(13(14)17-2)10-6-9(7-19(3,15)16)4-5-11(10)18-8/h4-6,8,12H,7H2,1-3H3. The molecule has 104 valence electrons. The SMILES string of the molecule is COC(=O)C1c2cc(CS(C)(=O)=O)ccc2OC1C. The van der Waals surface area contributed by atoms with E-state index < -0.39 is 15.8 Å². The van der Waals surface area contributed by atoms with Crippen LogP contribution in [0.15, 0.2) is 18.2 Å². The summed E-state index contributed by atoms with van der Waals surface area (Å²) in [4.78, 5) is 11.8. The predicted octanol–water partition coefficient (Wildman–Crippen LogP) is 1.27. The summed E-state index contributed by atoms with van der Waals surface area (Å²) in [5, 5.41) is 0. The molecule has 0 fully saturated rings. The molecule has 1 aliphatic rings. The predicted molar refractivity (Wildman–Crippen MR) is 69.8 cm³/mol. The second kappa shape index (κ2) is 4.85. The smallest absolute Gasteiger partial charge is 0.317 e. The summed E-state index contributed by atoms with van der Waals surface area (Å²) in [6.45, 7) is 1.79. The highest BCUT2D eigenvalue weighted by Crippen LogP contribution is 2.39. The van der Waals surface area contributed by atoms with Gasteiger partial charge in [0.2, 0.25) is 0 Å². The quantitative estimate of drug-likeness (QED) is 0.782. The first-order valence-electron chi connectivity index (χ1n) is 5.87. The number of fused-ring (bicyclic) bond motifs is 1. The minimum absolute atomic E-state index is 0.0530. The van der Waals surface area contributed by atoms with Crippen molar-refractivity contribution < 1.29 is 22.7 Å². The number of rotatable bonds is 3. The van der Waals surface area contributed by atoms with E-state index in [1.165, 1.54) is 13.4 Å². The average Bonchev–Trinajstić information content (AvgIpc) is 2.61. The molecule has 19 heavy (non-hydrogen) atoms. The summed E-state index contributed by atoms with van der Waals surface area (Å²) in [6.07, 6.45) is 0.868. The van der Waals surface area contributed by atoms with E-state index in [2.05, 4.69) is 0 Å². The van der Waals surface area contributed by atoms with E-state index in [1.807, 2.05) is 0 Å². The van der Waals surface area contributed by atoms with Crippen molar-refractivity contribution in [2.75, 3.05) is 13.4 Å². The van der Waals surface area contributed by atoms with Gasteiger partial charge in [0.1, 0.15) is 17.8 Å². The Bertz CT molecular complexity index is 605. The molecule has 1 heterocycles. The number of benzene rings is 1. The Hall–Kier alpha value is -1.56. The molecule has 2 atom stereocenters. The van der Waals surface area contributed by atoms with Gasteiger partial charge in [-0.3, -0.25) is 4.79 Å². The van der Waals surface area contributed by atoms with Gasteiger partial charge in [0.05, 0.1) is 12.9 Å². The lowest BCUT2D eigenvalue weighted by Crippen LogP contribution is -2.23. The van der Waals surface area contributed by atoms with Gasteiger partial charge in [0.15, 0.2) is 9.84 Å². The number of esters is 1. The van der Waals surface area contributed by atoms with Crippen LogP contribution in [0.1, 0.15) is 24.0 Å². The summed E-state index contributed by atoms with van der Waals surface area (Å²) in [5.74, 6) is -0.315. The summed E-state index contributed by atoms with van der Waals surface area (Å²) >= 11 is 0. The molecule has 1 aromatic rings. The maximum atomic E-state index is 11.8. The number of ether oxygens (including phenoxy) is 2. The number of carbonyl (C=O) groups is 1. The summed E-state index contributed by atoms with van der Waals surface area (Å²) < 4.78 is 33.0. The molecule has 6 heteroatoms. The second-order valence-electron chi connectivity index (χ2n) is 4.77. The van der Waals surface area contributed by atoms with Crippen molar-refractivity contribution in [3.8, 4) is 5.75 Å². The maximum absolute atomic E-state index is 11.8. The highest BCUT2D eigenvalue weighted by molar-refractivity contribution is 7.89. The summed E-state index contributed by atoms with van der Waals surface area (Å²) in [5.41, 5.74) is 1.34. The first kappa shape index (κ1) is 13.9. The van der Waals surface area contributed by atoms with E-state index in [0.717, 1.165) is 0 Å². The Morgan fingerprint density at radius 2 is 2.11 bits per heavy atom. The molecule has 2 rings (SSSR count). The van der Waals surface area contributed by atoms with Gasteiger partial charge in [0, 0.05) is 11.8 Å². The fourth-order valence-electron chi connectivity index (χ4n) is 2.31. The zero-order chi connectivity index (χ0) is 14.2. The molecule has 0 radical (unpaired) electrons. The van der Waals surface area contributed by atoms with Crippen LogP contribution in [0.3, 0.4) is 0 Å². The largest absolute Gasteiger partial charge is 0.489 e. The summed E-state index contributed by atoms with van der Waals surface area (Å²) in [7, 11) is -1.78. The molecule has 0 spiro atoms. The van der Waals surface area contributed by atoms with Gasteiger partial charge >= 0.3 is 5.97 Å². The van der Waals surface area contributed by atoms with Crippen molar-refractivity contribution >= 4 is 15.8 Å². The monoisotopic (exact) mass is 284 g/mol. The number of hydrogen-bond acceptors (Lipinski definition) is 5. The second-order valence-corrected chi connectivity index (χ2v) is 6.91. The van der Waals surface area contributed by atoms with E-state index in [4.69, 9.17) is 9.47 Å². The number of sulfone groups is 1. The maximum Gasteiger partial charge on any atom is 0.317 e. The van der Waals surface area contributed by atoms with E-state index in [-0.39, 0.29) is 17.8 Å². The fraction of sp³-hybridized carbons (Fsp3) is 0.462. The molecule has 2 unspecified atom stereocenters. The molecule has 0 bridgehead atoms. The van der Waals surface area contributed by atoms with Crippen molar-refractivity contribution in [1.82, 2.24) is 0 Å². The minimum Gasteiger partial charge on any atom is -0.489 e. The van der Waals surface area contributed by atoms with Crippen LogP contribution in [0.2, 0.25) is 0 Å². The Morgan fingerprint density at radius 3 is 2.68 bits per heavy atom. The Balaban J connectivity index is 2.39. The molecule has 0 saturated heterocycles. The molecule has 1 aliphatic heterocycles. The molecular formula is C13H16O5S. The average molecular weight is 284 g/mol. The fourth-order valence-corrected chi connectivity index (χ4v) is 3.09. The van der Waals surface area contributed by atoms with Crippen LogP contribution in [0.25, 0.3) is 0 Å². The van der Waals surface area contributed by atoms with Crippen molar-refractivity contribution in [3.63, 3.8) is 0 Å². The van der Waals surface area contributed by atoms with Gasteiger partial charge in [-0.1, -0.05) is 12.1 Å². The van der Waals surface area contributed by atoms with E-state index in [0.29, 0.717) is 16.9 Å². The van der Waals surface area contributed by atoms with Gasteiger partial charge < -0.3 is 9.47 Å². The highest BCUT2D eigenvalue weighted by atomic mass is 32.2. The lowest BCUT2D eigenvalue weighted by atomic mass is 9.95. The number of carbonyl (C=O) groups excluding carboxylic acids is 1. The van der Waals surface area contributed by atoms with Gasteiger partial charge in [0.25, 0.3) is 0 Å². The molecule has 1 aromatic carbocycles. The zero-order valence-corrected chi connectivity index (χ0v) is 11.9. The van der Waals surface area contributed by atoms with Crippen molar-refractivity contribution in [1.29, 1.82) is 0 Å². The van der Waals surface area contributed by atoms with Crippen molar-refractivity contribution in [2.45, 2.75) is 24.7 Å². The van der Waals surface area contributed by atoms with Gasteiger partial charge in [-0.2, -0.15) is 0 Å². The van der Waals surface area contributed by atoms with Crippen LogP contribution < -0.4 is 4.74 Å². The Kier molecular flexibility index (Phi) is 3.54. The van der Waals surface area contributed by atoms with E-state index in [9.17, 15) is 13.2 Å². The molecule has 0 saturated carbocycles. The highest BCUT2D eigenvalue weighted by Gasteiger charge is 2.37. The molecule has 0 aromatic heterocycles. The third-order valence-corrected chi connectivity index (χ3v) is 3.93. The third-order valence-electron chi connectivity index (χ3n) is 3.08. The topological polar surface area (TPSA) is 69.7 Å². The summed E-state index contributed by atoms with van der Waals surface area (Å²) in [6, 6.07) is 5.11. The Labute approximate surface area is 112 Å². The third kappa shape index (κ3) is 2.89. The van der Waals surface area contributed by atoms with Crippen molar-refractivity contribution in [3.05, 3.63) is 29.3 Å². The first-order valence-corrected chi connectivity index (χ1v) is 7.93. The van der Waals surface area contributed by atoms with Gasteiger partial charge in [-0.25, -0.2) is 8.42 Å². The zero-order valence-electron chi connectivity index (χ0n) is 11.0.